The van der Waals surface area contributed by atoms with Gasteiger partial charge in [0.2, 0.25) is 0 Å². The van der Waals surface area contributed by atoms with Crippen LogP contribution in [0.4, 0.5) is 5.69 Å². The zero-order valence-corrected chi connectivity index (χ0v) is 15.1. The number of hydrogen-bond acceptors (Lipinski definition) is 4. The Morgan fingerprint density at radius 2 is 2.08 bits per heavy atom. The third kappa shape index (κ3) is 4.24. The molecular formula is C18H17Cl2N3O2. The summed E-state index contributed by atoms with van der Waals surface area (Å²) in [7, 11) is 0. The lowest BCUT2D eigenvalue weighted by Gasteiger charge is -2.17. The highest BCUT2D eigenvalue weighted by molar-refractivity contribution is 6.35. The Kier molecular flexibility index (Phi) is 5.46. The Morgan fingerprint density at radius 3 is 2.80 bits per heavy atom. The van der Waals surface area contributed by atoms with E-state index in [1.54, 1.807) is 25.1 Å². The number of carbonyl (C=O) groups is 1. The smallest absolute Gasteiger partial charge is 0.265 e. The molecule has 0 radical (unpaired) electrons. The van der Waals surface area contributed by atoms with E-state index >= 15 is 0 Å². The molecule has 1 unspecified atom stereocenters. The molecule has 0 spiro atoms. The van der Waals surface area contributed by atoms with Crippen LogP contribution in [0.2, 0.25) is 10.0 Å². The second-order valence-electron chi connectivity index (χ2n) is 5.53. The number of hydrogen-bond donors (Lipinski definition) is 2. The van der Waals surface area contributed by atoms with Crippen molar-refractivity contribution in [3.8, 4) is 5.75 Å². The molecule has 0 bridgehead atoms. The van der Waals surface area contributed by atoms with E-state index in [1.165, 1.54) is 0 Å². The molecule has 7 heteroatoms. The van der Waals surface area contributed by atoms with Crippen LogP contribution in [-0.4, -0.2) is 30.9 Å². The number of ether oxygens (including phenoxy) is 1. The highest BCUT2D eigenvalue weighted by atomic mass is 35.5. The minimum atomic E-state index is -0.731. The number of amides is 1. The van der Waals surface area contributed by atoms with E-state index in [4.69, 9.17) is 27.9 Å². The Bertz CT molecular complexity index is 824. The van der Waals surface area contributed by atoms with Gasteiger partial charge in [0, 0.05) is 17.1 Å². The highest BCUT2D eigenvalue weighted by Crippen LogP contribution is 2.28. The topological polar surface area (TPSA) is 62.7 Å². The van der Waals surface area contributed by atoms with Crippen molar-refractivity contribution in [1.82, 2.24) is 5.32 Å². The molecule has 2 aromatic carbocycles. The number of para-hydroxylation sites is 1. The Hall–Kier alpha value is -2.24. The first-order chi connectivity index (χ1) is 12.0. The van der Waals surface area contributed by atoms with Gasteiger partial charge in [0.15, 0.2) is 6.10 Å². The van der Waals surface area contributed by atoms with E-state index in [2.05, 4.69) is 15.6 Å². The monoisotopic (exact) mass is 377 g/mol. The SMILES string of the molecule is CC(Oc1ccc(Cl)cc1Cl)C(=O)Nc1ccccc1C1=NCCN1. The summed E-state index contributed by atoms with van der Waals surface area (Å²) >= 11 is 12.0. The lowest BCUT2D eigenvalue weighted by atomic mass is 10.1. The van der Waals surface area contributed by atoms with Gasteiger partial charge in [-0.15, -0.1) is 0 Å². The first-order valence-electron chi connectivity index (χ1n) is 7.85. The van der Waals surface area contributed by atoms with Gasteiger partial charge >= 0.3 is 0 Å². The maximum Gasteiger partial charge on any atom is 0.265 e. The van der Waals surface area contributed by atoms with Crippen LogP contribution in [0.25, 0.3) is 0 Å². The van der Waals surface area contributed by atoms with Crippen LogP contribution in [0.15, 0.2) is 47.5 Å². The van der Waals surface area contributed by atoms with Crippen molar-refractivity contribution in [2.75, 3.05) is 18.4 Å². The predicted molar refractivity (Wildman–Crippen MR) is 101 cm³/mol. The molecule has 130 valence electrons. The van der Waals surface area contributed by atoms with Gasteiger partial charge < -0.3 is 15.4 Å². The molecule has 5 nitrogen and oxygen atoms in total. The summed E-state index contributed by atoms with van der Waals surface area (Å²) in [6.07, 6.45) is -0.731. The normalized spacial score (nSPS) is 14.4. The first kappa shape index (κ1) is 17.6. The quantitative estimate of drug-likeness (QED) is 0.833. The molecule has 0 aliphatic carbocycles. The Balaban J connectivity index is 1.72. The van der Waals surface area contributed by atoms with Gasteiger partial charge in [-0.1, -0.05) is 35.3 Å². The number of benzene rings is 2. The second kappa shape index (κ2) is 7.76. The number of amidine groups is 1. The number of nitrogens with one attached hydrogen (secondary N) is 2. The zero-order valence-electron chi connectivity index (χ0n) is 13.6. The van der Waals surface area contributed by atoms with Gasteiger partial charge in [0.05, 0.1) is 17.3 Å². The summed E-state index contributed by atoms with van der Waals surface area (Å²) in [5.41, 5.74) is 1.53. The Morgan fingerprint density at radius 1 is 1.28 bits per heavy atom. The van der Waals surface area contributed by atoms with Crippen molar-refractivity contribution >= 4 is 40.6 Å². The molecule has 1 amide bonds. The number of halogens is 2. The van der Waals surface area contributed by atoms with Crippen LogP contribution >= 0.6 is 23.2 Å². The van der Waals surface area contributed by atoms with E-state index in [-0.39, 0.29) is 5.91 Å². The minimum Gasteiger partial charge on any atom is -0.479 e. The zero-order chi connectivity index (χ0) is 17.8. The molecule has 1 aliphatic rings. The van der Waals surface area contributed by atoms with Crippen LogP contribution in [0.3, 0.4) is 0 Å². The molecule has 0 aromatic heterocycles. The highest BCUT2D eigenvalue weighted by Gasteiger charge is 2.19. The minimum absolute atomic E-state index is 0.280. The van der Waals surface area contributed by atoms with Gasteiger partial charge in [0.1, 0.15) is 11.6 Å². The van der Waals surface area contributed by atoms with Gasteiger partial charge in [-0.25, -0.2) is 0 Å². The van der Waals surface area contributed by atoms with E-state index in [1.807, 2.05) is 24.3 Å². The molecule has 1 atom stereocenters. The van der Waals surface area contributed by atoms with Gasteiger partial charge in [-0.05, 0) is 37.3 Å². The van der Waals surface area contributed by atoms with Crippen LogP contribution in [0.5, 0.6) is 5.75 Å². The summed E-state index contributed by atoms with van der Waals surface area (Å²) in [5.74, 6) is 0.908. The lowest BCUT2D eigenvalue weighted by molar-refractivity contribution is -0.122. The fourth-order valence-corrected chi connectivity index (χ4v) is 2.88. The van der Waals surface area contributed by atoms with Crippen molar-refractivity contribution in [3.05, 3.63) is 58.1 Å². The second-order valence-corrected chi connectivity index (χ2v) is 6.37. The van der Waals surface area contributed by atoms with Gasteiger partial charge in [-0.2, -0.15) is 0 Å². The van der Waals surface area contributed by atoms with Crippen LogP contribution < -0.4 is 15.4 Å². The molecular weight excluding hydrogens is 361 g/mol. The number of nitrogens with zero attached hydrogens (tertiary/aromatic N) is 1. The van der Waals surface area contributed by atoms with E-state index in [0.29, 0.717) is 21.5 Å². The maximum atomic E-state index is 12.5. The van der Waals surface area contributed by atoms with Crippen LogP contribution in [-0.2, 0) is 4.79 Å². The predicted octanol–water partition coefficient (Wildman–Crippen LogP) is 3.75. The van der Waals surface area contributed by atoms with E-state index in [9.17, 15) is 4.79 Å². The molecule has 0 saturated carbocycles. The summed E-state index contributed by atoms with van der Waals surface area (Å²) in [6, 6.07) is 12.4. The summed E-state index contributed by atoms with van der Waals surface area (Å²) in [4.78, 5) is 16.9. The van der Waals surface area contributed by atoms with Crippen molar-refractivity contribution < 1.29 is 9.53 Å². The summed E-state index contributed by atoms with van der Waals surface area (Å²) in [6.45, 7) is 3.19. The van der Waals surface area contributed by atoms with E-state index in [0.717, 1.165) is 24.5 Å². The average molecular weight is 378 g/mol. The van der Waals surface area contributed by atoms with Crippen molar-refractivity contribution in [1.29, 1.82) is 0 Å². The molecule has 0 fully saturated rings. The largest absolute Gasteiger partial charge is 0.479 e. The number of aliphatic imine (C=N–C) groups is 1. The van der Waals surface area contributed by atoms with Crippen molar-refractivity contribution in [2.45, 2.75) is 13.0 Å². The maximum absolute atomic E-state index is 12.5. The number of carbonyl (C=O) groups excluding carboxylic acids is 1. The average Bonchev–Trinajstić information content (AvgIpc) is 3.12. The van der Waals surface area contributed by atoms with Crippen molar-refractivity contribution in [2.24, 2.45) is 4.99 Å². The molecule has 25 heavy (non-hydrogen) atoms. The van der Waals surface area contributed by atoms with Gasteiger partial charge in [-0.3, -0.25) is 9.79 Å². The molecule has 3 rings (SSSR count). The fourth-order valence-electron chi connectivity index (χ4n) is 2.43. The first-order valence-corrected chi connectivity index (χ1v) is 8.60. The fraction of sp³-hybridized carbons (Fsp3) is 0.222. The van der Waals surface area contributed by atoms with Crippen LogP contribution in [0, 0.1) is 0 Å². The molecule has 1 heterocycles. The molecule has 2 N–H and O–H groups in total. The van der Waals surface area contributed by atoms with Crippen LogP contribution in [0.1, 0.15) is 12.5 Å². The van der Waals surface area contributed by atoms with Crippen molar-refractivity contribution in [3.63, 3.8) is 0 Å². The summed E-state index contributed by atoms with van der Waals surface area (Å²) < 4.78 is 5.65. The summed E-state index contributed by atoms with van der Waals surface area (Å²) in [5, 5.41) is 6.96. The number of anilines is 1. The standard InChI is InChI=1S/C18H17Cl2N3O2/c1-11(25-16-7-6-12(19)10-14(16)20)18(24)23-15-5-3-2-4-13(15)17-21-8-9-22-17/h2-7,10-11H,8-9H2,1H3,(H,21,22)(H,23,24). The van der Waals surface area contributed by atoms with Gasteiger partial charge in [0.25, 0.3) is 5.91 Å². The molecule has 0 saturated heterocycles. The molecule has 1 aliphatic heterocycles. The molecule has 2 aromatic rings. The Labute approximate surface area is 156 Å². The number of rotatable bonds is 5. The third-order valence-electron chi connectivity index (χ3n) is 3.68. The third-order valence-corrected chi connectivity index (χ3v) is 4.21. The lowest BCUT2D eigenvalue weighted by Crippen LogP contribution is -2.31. The van der Waals surface area contributed by atoms with E-state index < -0.39 is 6.10 Å².